The van der Waals surface area contributed by atoms with Gasteiger partial charge in [0.15, 0.2) is 3.92 Å². The topological polar surface area (TPSA) is 61.6 Å². The third-order valence-electron chi connectivity index (χ3n) is 1.74. The Morgan fingerprint density at radius 2 is 2.25 bits per heavy atom. The lowest BCUT2D eigenvalue weighted by molar-refractivity contribution is 1.07. The Morgan fingerprint density at radius 3 is 2.81 bits per heavy atom. The van der Waals surface area contributed by atoms with E-state index in [1.807, 2.05) is 6.07 Å². The number of halogens is 2. The molecule has 16 heavy (non-hydrogen) atoms. The van der Waals surface area contributed by atoms with Gasteiger partial charge in [-0.1, -0.05) is 22.9 Å². The summed E-state index contributed by atoms with van der Waals surface area (Å²) < 4.78 is 0.694. The van der Waals surface area contributed by atoms with Crippen LogP contribution in [0.4, 0.5) is 10.8 Å². The molecule has 0 bridgehead atoms. The second-order valence-electron chi connectivity index (χ2n) is 2.79. The maximum absolute atomic E-state index is 8.69. The minimum Gasteiger partial charge on any atom is -0.329 e. The number of anilines is 2. The van der Waals surface area contributed by atoms with Gasteiger partial charge in [-0.05, 0) is 34.1 Å². The van der Waals surface area contributed by atoms with Crippen LogP contribution >= 0.6 is 38.9 Å². The molecular weight excluding hydrogens is 312 g/mol. The first-order valence-corrected chi connectivity index (χ1v) is 6.13. The van der Waals surface area contributed by atoms with Crippen molar-refractivity contribution in [3.8, 4) is 6.07 Å². The maximum atomic E-state index is 8.69. The molecule has 0 unspecified atom stereocenters. The molecule has 0 saturated carbocycles. The highest BCUT2D eigenvalue weighted by molar-refractivity contribution is 9.11. The number of rotatable bonds is 2. The first-order chi connectivity index (χ1) is 7.69. The standard InChI is InChI=1S/C9H4BrClN4S/c10-8-14-15-9(16-8)13-7-2-1-5(4-12)3-6(7)11/h1-3H,(H,13,15). The van der Waals surface area contributed by atoms with Gasteiger partial charge in [0.05, 0.1) is 22.3 Å². The summed E-state index contributed by atoms with van der Waals surface area (Å²) in [5.74, 6) is 0. The van der Waals surface area contributed by atoms with Gasteiger partial charge in [-0.15, -0.1) is 10.2 Å². The number of hydrogen-bond donors (Lipinski definition) is 1. The average molecular weight is 316 g/mol. The SMILES string of the molecule is N#Cc1ccc(Nc2nnc(Br)s2)c(Cl)c1. The molecule has 2 aromatic rings. The Kier molecular flexibility index (Phi) is 3.39. The van der Waals surface area contributed by atoms with E-state index >= 15 is 0 Å². The molecule has 1 aromatic carbocycles. The number of hydrogen-bond acceptors (Lipinski definition) is 5. The van der Waals surface area contributed by atoms with Crippen LogP contribution in [0.15, 0.2) is 22.1 Å². The molecule has 0 radical (unpaired) electrons. The second kappa shape index (κ2) is 4.78. The molecule has 1 heterocycles. The lowest BCUT2D eigenvalue weighted by Gasteiger charge is -2.04. The number of nitriles is 1. The van der Waals surface area contributed by atoms with Crippen molar-refractivity contribution in [3.63, 3.8) is 0 Å². The number of aromatic nitrogens is 2. The van der Waals surface area contributed by atoms with E-state index in [2.05, 4.69) is 31.4 Å². The van der Waals surface area contributed by atoms with E-state index in [-0.39, 0.29) is 0 Å². The second-order valence-corrected chi connectivity index (χ2v) is 5.45. The van der Waals surface area contributed by atoms with Crippen molar-refractivity contribution in [2.75, 3.05) is 5.32 Å². The summed E-state index contributed by atoms with van der Waals surface area (Å²) in [6.45, 7) is 0. The van der Waals surface area contributed by atoms with Crippen molar-refractivity contribution in [2.24, 2.45) is 0 Å². The van der Waals surface area contributed by atoms with Gasteiger partial charge in [0.25, 0.3) is 0 Å². The van der Waals surface area contributed by atoms with Crippen molar-refractivity contribution in [2.45, 2.75) is 0 Å². The molecule has 7 heteroatoms. The molecule has 1 N–H and O–H groups in total. The van der Waals surface area contributed by atoms with Crippen molar-refractivity contribution >= 4 is 49.7 Å². The molecule has 0 fully saturated rings. The maximum Gasteiger partial charge on any atom is 0.210 e. The quantitative estimate of drug-likeness (QED) is 0.920. The van der Waals surface area contributed by atoms with Crippen LogP contribution in [0.5, 0.6) is 0 Å². The van der Waals surface area contributed by atoms with Crippen LogP contribution in [-0.2, 0) is 0 Å². The molecule has 1 aromatic heterocycles. The highest BCUT2D eigenvalue weighted by Crippen LogP contribution is 2.29. The summed E-state index contributed by atoms with van der Waals surface area (Å²) in [4.78, 5) is 0. The Morgan fingerprint density at radius 1 is 1.44 bits per heavy atom. The van der Waals surface area contributed by atoms with Gasteiger partial charge in [0, 0.05) is 0 Å². The average Bonchev–Trinajstić information content (AvgIpc) is 2.67. The highest BCUT2D eigenvalue weighted by Gasteiger charge is 2.05. The molecule has 0 atom stereocenters. The molecule has 2 rings (SSSR count). The van der Waals surface area contributed by atoms with E-state index in [9.17, 15) is 0 Å². The lowest BCUT2D eigenvalue weighted by atomic mass is 10.2. The molecule has 0 saturated heterocycles. The summed E-state index contributed by atoms with van der Waals surface area (Å²) in [5, 5.41) is 20.5. The molecule has 0 spiro atoms. The lowest BCUT2D eigenvalue weighted by Crippen LogP contribution is -1.91. The van der Waals surface area contributed by atoms with Crippen LogP contribution in [0, 0.1) is 11.3 Å². The summed E-state index contributed by atoms with van der Waals surface area (Å²) in [6.07, 6.45) is 0. The Hall–Kier alpha value is -1.16. The monoisotopic (exact) mass is 314 g/mol. The van der Waals surface area contributed by atoms with Crippen LogP contribution < -0.4 is 5.32 Å². The normalized spacial score (nSPS) is 9.81. The highest BCUT2D eigenvalue weighted by atomic mass is 79.9. The van der Waals surface area contributed by atoms with E-state index in [0.717, 1.165) is 0 Å². The number of nitrogens with zero attached hydrogens (tertiary/aromatic N) is 3. The summed E-state index contributed by atoms with van der Waals surface area (Å²) in [6, 6.07) is 7.03. The summed E-state index contributed by atoms with van der Waals surface area (Å²) >= 11 is 10.6. The van der Waals surface area contributed by atoms with Gasteiger partial charge in [-0.2, -0.15) is 5.26 Å². The van der Waals surface area contributed by atoms with E-state index in [1.165, 1.54) is 11.3 Å². The summed E-state index contributed by atoms with van der Waals surface area (Å²) in [5.41, 5.74) is 1.22. The Labute approximate surface area is 109 Å². The zero-order valence-corrected chi connectivity index (χ0v) is 10.9. The van der Waals surface area contributed by atoms with Crippen molar-refractivity contribution in [3.05, 3.63) is 32.7 Å². The first-order valence-electron chi connectivity index (χ1n) is 4.15. The van der Waals surface area contributed by atoms with Crippen molar-refractivity contribution < 1.29 is 0 Å². The molecule has 0 amide bonds. The zero-order valence-electron chi connectivity index (χ0n) is 7.74. The molecule has 0 aliphatic rings. The van der Waals surface area contributed by atoms with E-state index in [4.69, 9.17) is 16.9 Å². The summed E-state index contributed by atoms with van der Waals surface area (Å²) in [7, 11) is 0. The molecule has 4 nitrogen and oxygen atoms in total. The minimum atomic E-state index is 0.477. The largest absolute Gasteiger partial charge is 0.329 e. The van der Waals surface area contributed by atoms with Gasteiger partial charge < -0.3 is 5.32 Å². The predicted molar refractivity (Wildman–Crippen MR) is 67.1 cm³/mol. The first kappa shape index (κ1) is 11.3. The number of benzene rings is 1. The van der Waals surface area contributed by atoms with Gasteiger partial charge >= 0.3 is 0 Å². The fourth-order valence-corrected chi connectivity index (χ4v) is 2.31. The molecule has 0 aliphatic carbocycles. The predicted octanol–water partition coefficient (Wildman–Crippen LogP) is 3.57. The minimum absolute atomic E-state index is 0.477. The third-order valence-corrected chi connectivity index (χ3v) is 3.32. The van der Waals surface area contributed by atoms with Gasteiger partial charge in [0.1, 0.15) is 0 Å². The Bertz CT molecular complexity index is 563. The van der Waals surface area contributed by atoms with Crippen molar-refractivity contribution in [1.29, 1.82) is 5.26 Å². The van der Waals surface area contributed by atoms with E-state index in [0.29, 0.717) is 25.3 Å². The van der Waals surface area contributed by atoms with E-state index < -0.39 is 0 Å². The third kappa shape index (κ3) is 2.50. The number of nitrogens with one attached hydrogen (secondary N) is 1. The van der Waals surface area contributed by atoms with E-state index in [1.54, 1.807) is 18.2 Å². The van der Waals surface area contributed by atoms with Crippen molar-refractivity contribution in [1.82, 2.24) is 10.2 Å². The zero-order chi connectivity index (χ0) is 11.5. The van der Waals surface area contributed by atoms with Crippen LogP contribution in [-0.4, -0.2) is 10.2 Å². The van der Waals surface area contributed by atoms with Crippen LogP contribution in [0.2, 0.25) is 5.02 Å². The van der Waals surface area contributed by atoms with Gasteiger partial charge in [0.2, 0.25) is 5.13 Å². The van der Waals surface area contributed by atoms with Crippen LogP contribution in [0.25, 0.3) is 0 Å². The van der Waals surface area contributed by atoms with Gasteiger partial charge in [-0.25, -0.2) is 0 Å². The molecular formula is C9H4BrClN4S. The van der Waals surface area contributed by atoms with Gasteiger partial charge in [-0.3, -0.25) is 0 Å². The van der Waals surface area contributed by atoms with Crippen LogP contribution in [0.3, 0.4) is 0 Å². The molecule has 80 valence electrons. The van der Waals surface area contributed by atoms with Crippen LogP contribution in [0.1, 0.15) is 5.56 Å². The smallest absolute Gasteiger partial charge is 0.210 e. The fraction of sp³-hybridized carbons (Fsp3) is 0. The Balaban J connectivity index is 2.26. The fourth-order valence-electron chi connectivity index (χ4n) is 1.06. The molecule has 0 aliphatic heterocycles.